The standard InChI is InChI=1S/C14H21N5O3/c1-7-11-12(19(3)8(2)13(21)17-11)18-14(15-7)16-9-4-10(5-20)22-6-9/h8-10,20H,4-6H2,1-3H3,(H,17,21)(H,15,16,18)/t8-,9?,10?/m0/s1. The predicted molar refractivity (Wildman–Crippen MR) is 82.1 cm³/mol. The van der Waals surface area contributed by atoms with E-state index in [9.17, 15) is 4.79 Å². The fourth-order valence-corrected chi connectivity index (χ4v) is 2.73. The van der Waals surface area contributed by atoms with Crippen LogP contribution >= 0.6 is 0 Å². The van der Waals surface area contributed by atoms with Crippen LogP contribution in [0.15, 0.2) is 0 Å². The Morgan fingerprint density at radius 1 is 1.50 bits per heavy atom. The van der Waals surface area contributed by atoms with Crippen molar-refractivity contribution in [3.63, 3.8) is 0 Å². The fourth-order valence-electron chi connectivity index (χ4n) is 2.73. The largest absolute Gasteiger partial charge is 0.394 e. The molecule has 1 aromatic rings. The summed E-state index contributed by atoms with van der Waals surface area (Å²) in [6.45, 7) is 4.22. The number of fused-ring (bicyclic) bond motifs is 1. The number of carbonyl (C=O) groups is 1. The molecule has 8 nitrogen and oxygen atoms in total. The number of ether oxygens (including phenoxy) is 1. The number of aliphatic hydroxyl groups is 1. The van der Waals surface area contributed by atoms with Gasteiger partial charge in [-0.25, -0.2) is 4.98 Å². The van der Waals surface area contributed by atoms with Crippen molar-refractivity contribution in [1.29, 1.82) is 0 Å². The van der Waals surface area contributed by atoms with E-state index in [1.165, 1.54) is 0 Å². The van der Waals surface area contributed by atoms with Crippen LogP contribution in [-0.4, -0.2) is 59.4 Å². The summed E-state index contributed by atoms with van der Waals surface area (Å²) in [5.41, 5.74) is 1.38. The highest BCUT2D eigenvalue weighted by atomic mass is 16.5. The van der Waals surface area contributed by atoms with Gasteiger partial charge < -0.3 is 25.4 Å². The first-order valence-corrected chi connectivity index (χ1v) is 7.41. The van der Waals surface area contributed by atoms with Crippen LogP contribution < -0.4 is 15.5 Å². The molecule has 8 heteroatoms. The van der Waals surface area contributed by atoms with Crippen molar-refractivity contribution < 1.29 is 14.6 Å². The monoisotopic (exact) mass is 307 g/mol. The van der Waals surface area contributed by atoms with Crippen LogP contribution in [-0.2, 0) is 9.53 Å². The molecule has 2 aliphatic heterocycles. The highest BCUT2D eigenvalue weighted by Crippen LogP contribution is 2.32. The maximum atomic E-state index is 11.9. The summed E-state index contributed by atoms with van der Waals surface area (Å²) in [4.78, 5) is 22.7. The van der Waals surface area contributed by atoms with Gasteiger partial charge in [0.25, 0.3) is 0 Å². The third-order valence-corrected chi connectivity index (χ3v) is 4.23. The predicted octanol–water partition coefficient (Wildman–Crippen LogP) is 0.124. The third kappa shape index (κ3) is 2.59. The first kappa shape index (κ1) is 15.0. The molecule has 3 N–H and O–H groups in total. The summed E-state index contributed by atoms with van der Waals surface area (Å²) in [5.74, 6) is 1.16. The maximum absolute atomic E-state index is 11.9. The molecule has 1 saturated heterocycles. The number of rotatable bonds is 3. The van der Waals surface area contributed by atoms with Gasteiger partial charge in [0.15, 0.2) is 5.82 Å². The number of likely N-dealkylation sites (N-methyl/N-ethyl adjacent to an activating group) is 1. The number of anilines is 3. The average molecular weight is 307 g/mol. The van der Waals surface area contributed by atoms with E-state index in [0.717, 1.165) is 12.1 Å². The zero-order valence-electron chi connectivity index (χ0n) is 13.0. The van der Waals surface area contributed by atoms with E-state index < -0.39 is 0 Å². The van der Waals surface area contributed by atoms with E-state index in [4.69, 9.17) is 9.84 Å². The first-order valence-electron chi connectivity index (χ1n) is 7.41. The van der Waals surface area contributed by atoms with Gasteiger partial charge in [-0.1, -0.05) is 0 Å². The fraction of sp³-hybridized carbons (Fsp3) is 0.643. The number of nitrogens with zero attached hydrogens (tertiary/aromatic N) is 3. The third-order valence-electron chi connectivity index (χ3n) is 4.23. The van der Waals surface area contributed by atoms with E-state index >= 15 is 0 Å². The molecular formula is C14H21N5O3. The highest BCUT2D eigenvalue weighted by Gasteiger charge is 2.31. The number of amides is 1. The molecule has 1 amide bonds. The second kappa shape index (κ2) is 5.69. The summed E-state index contributed by atoms with van der Waals surface area (Å²) in [5, 5.41) is 15.2. The molecule has 0 saturated carbocycles. The van der Waals surface area contributed by atoms with E-state index in [-0.39, 0.29) is 30.7 Å². The SMILES string of the molecule is Cc1nc(NC2COC(CO)C2)nc2c1NC(=O)[C@H](C)N2C. The summed E-state index contributed by atoms with van der Waals surface area (Å²) < 4.78 is 5.45. The molecule has 0 bridgehead atoms. The molecule has 120 valence electrons. The van der Waals surface area contributed by atoms with Crippen molar-refractivity contribution in [2.24, 2.45) is 0 Å². The van der Waals surface area contributed by atoms with Gasteiger partial charge in [0, 0.05) is 7.05 Å². The number of aliphatic hydroxyl groups excluding tert-OH is 1. The molecule has 0 aliphatic carbocycles. The lowest BCUT2D eigenvalue weighted by molar-refractivity contribution is -0.117. The summed E-state index contributed by atoms with van der Waals surface area (Å²) >= 11 is 0. The normalized spacial score (nSPS) is 27.5. The Kier molecular flexibility index (Phi) is 3.88. The van der Waals surface area contributed by atoms with Crippen LogP contribution in [0.1, 0.15) is 19.0 Å². The number of aromatic nitrogens is 2. The molecule has 1 fully saturated rings. The van der Waals surface area contributed by atoms with Crippen LogP contribution in [0.3, 0.4) is 0 Å². The average Bonchev–Trinajstić information content (AvgIpc) is 2.94. The van der Waals surface area contributed by atoms with Gasteiger partial charge >= 0.3 is 0 Å². The number of hydrogen-bond donors (Lipinski definition) is 3. The molecule has 22 heavy (non-hydrogen) atoms. The molecular weight excluding hydrogens is 286 g/mol. The molecule has 1 aromatic heterocycles. The number of nitrogens with one attached hydrogen (secondary N) is 2. The van der Waals surface area contributed by atoms with E-state index in [1.54, 1.807) is 0 Å². The molecule has 3 atom stereocenters. The lowest BCUT2D eigenvalue weighted by atomic mass is 10.1. The van der Waals surface area contributed by atoms with E-state index in [2.05, 4.69) is 20.6 Å². The lowest BCUT2D eigenvalue weighted by Crippen LogP contribution is -2.45. The number of aryl methyl sites for hydroxylation is 1. The first-order chi connectivity index (χ1) is 10.5. The molecule has 0 spiro atoms. The molecule has 0 aromatic carbocycles. The zero-order chi connectivity index (χ0) is 15.9. The molecule has 2 aliphatic rings. The Hall–Kier alpha value is -1.93. The number of hydrogen-bond acceptors (Lipinski definition) is 7. The van der Waals surface area contributed by atoms with Gasteiger partial charge in [-0.15, -0.1) is 0 Å². The van der Waals surface area contributed by atoms with Crippen molar-refractivity contribution in [2.45, 2.75) is 38.5 Å². The molecule has 3 heterocycles. The van der Waals surface area contributed by atoms with Gasteiger partial charge in [-0.05, 0) is 20.3 Å². The minimum atomic E-state index is -0.275. The van der Waals surface area contributed by atoms with Gasteiger partial charge in [-0.2, -0.15) is 4.98 Å². The van der Waals surface area contributed by atoms with Crippen molar-refractivity contribution >= 4 is 23.4 Å². The summed E-state index contributed by atoms with van der Waals surface area (Å²) in [7, 11) is 1.85. The Labute approximate surface area is 128 Å². The highest BCUT2D eigenvalue weighted by molar-refractivity contribution is 6.03. The van der Waals surface area contributed by atoms with Crippen molar-refractivity contribution in [3.8, 4) is 0 Å². The summed E-state index contributed by atoms with van der Waals surface area (Å²) in [6, 6.07) is -0.196. The van der Waals surface area contributed by atoms with Crippen LogP contribution in [0, 0.1) is 6.92 Å². The zero-order valence-corrected chi connectivity index (χ0v) is 13.0. The van der Waals surface area contributed by atoms with Crippen LogP contribution in [0.4, 0.5) is 17.5 Å². The van der Waals surface area contributed by atoms with Crippen molar-refractivity contribution in [3.05, 3.63) is 5.69 Å². The topological polar surface area (TPSA) is 99.6 Å². The molecule has 0 radical (unpaired) electrons. The van der Waals surface area contributed by atoms with Crippen molar-refractivity contribution in [2.75, 3.05) is 35.8 Å². The van der Waals surface area contributed by atoms with E-state index in [0.29, 0.717) is 24.1 Å². The smallest absolute Gasteiger partial charge is 0.246 e. The Balaban J connectivity index is 1.83. The minimum absolute atomic E-state index is 0.0224. The van der Waals surface area contributed by atoms with Gasteiger partial charge in [-0.3, -0.25) is 4.79 Å². The quantitative estimate of drug-likeness (QED) is 0.729. The van der Waals surface area contributed by atoms with Crippen LogP contribution in [0.2, 0.25) is 0 Å². The van der Waals surface area contributed by atoms with E-state index in [1.807, 2.05) is 25.8 Å². The minimum Gasteiger partial charge on any atom is -0.394 e. The Morgan fingerprint density at radius 2 is 2.27 bits per heavy atom. The van der Waals surface area contributed by atoms with Gasteiger partial charge in [0.05, 0.1) is 31.1 Å². The second-order valence-electron chi connectivity index (χ2n) is 5.82. The maximum Gasteiger partial charge on any atom is 0.246 e. The second-order valence-corrected chi connectivity index (χ2v) is 5.82. The van der Waals surface area contributed by atoms with Crippen molar-refractivity contribution in [1.82, 2.24) is 9.97 Å². The Bertz CT molecular complexity index is 594. The van der Waals surface area contributed by atoms with Gasteiger partial charge in [0.1, 0.15) is 11.7 Å². The van der Waals surface area contributed by atoms with Gasteiger partial charge in [0.2, 0.25) is 11.9 Å². The molecule has 3 rings (SSSR count). The van der Waals surface area contributed by atoms with Crippen LogP contribution in [0.25, 0.3) is 0 Å². The van der Waals surface area contributed by atoms with Crippen LogP contribution in [0.5, 0.6) is 0 Å². The molecule has 2 unspecified atom stereocenters. The Morgan fingerprint density at radius 3 is 2.95 bits per heavy atom. The lowest BCUT2D eigenvalue weighted by Gasteiger charge is -2.32. The summed E-state index contributed by atoms with van der Waals surface area (Å²) in [6.07, 6.45) is 0.595. The number of carbonyl (C=O) groups excluding carboxylic acids is 1.